The predicted octanol–water partition coefficient (Wildman–Crippen LogP) is 4.10. The number of piperazine rings is 1. The molecule has 40 heavy (non-hydrogen) atoms. The molecule has 5 rings (SSSR count). The van der Waals surface area contributed by atoms with Crippen molar-refractivity contribution in [2.24, 2.45) is 0 Å². The minimum atomic E-state index is -0.319. The van der Waals surface area contributed by atoms with Crippen LogP contribution in [0.15, 0.2) is 60.8 Å². The first-order chi connectivity index (χ1) is 19.4. The van der Waals surface area contributed by atoms with Crippen LogP contribution in [0, 0.1) is 17.1 Å². The fourth-order valence-corrected chi connectivity index (χ4v) is 5.56. The molecule has 2 saturated heterocycles. The molecule has 2 aliphatic rings. The van der Waals surface area contributed by atoms with Gasteiger partial charge in [-0.3, -0.25) is 14.5 Å². The van der Waals surface area contributed by atoms with Gasteiger partial charge in [0.25, 0.3) is 11.8 Å². The van der Waals surface area contributed by atoms with Gasteiger partial charge < -0.3 is 15.1 Å². The summed E-state index contributed by atoms with van der Waals surface area (Å²) in [4.78, 5) is 36.4. The molecule has 2 fully saturated rings. The normalized spacial score (nSPS) is 16.4. The third-order valence-corrected chi connectivity index (χ3v) is 7.87. The van der Waals surface area contributed by atoms with Gasteiger partial charge in [-0.1, -0.05) is 23.7 Å². The topological polar surface area (TPSA) is 92.6 Å². The molecule has 10 heteroatoms. The number of piperidine rings is 1. The summed E-state index contributed by atoms with van der Waals surface area (Å²) >= 11 is 6.55. The number of halogens is 2. The number of amides is 2. The fourth-order valence-electron chi connectivity index (χ4n) is 5.28. The summed E-state index contributed by atoms with van der Waals surface area (Å²) in [5.41, 5.74) is 2.33. The van der Waals surface area contributed by atoms with Crippen molar-refractivity contribution in [1.82, 2.24) is 20.1 Å². The van der Waals surface area contributed by atoms with E-state index in [2.05, 4.69) is 26.2 Å². The number of benzene rings is 2. The largest absolute Gasteiger partial charge is 0.353 e. The number of nitrogens with zero attached hydrogens (tertiary/aromatic N) is 5. The Labute approximate surface area is 238 Å². The highest BCUT2D eigenvalue weighted by Gasteiger charge is 2.30. The summed E-state index contributed by atoms with van der Waals surface area (Å²) in [7, 11) is 0. The second kappa shape index (κ2) is 12.5. The van der Waals surface area contributed by atoms with Crippen LogP contribution in [0.4, 0.5) is 10.2 Å². The van der Waals surface area contributed by atoms with Gasteiger partial charge in [-0.2, -0.15) is 5.26 Å². The minimum Gasteiger partial charge on any atom is -0.353 e. The molecule has 0 radical (unpaired) electrons. The summed E-state index contributed by atoms with van der Waals surface area (Å²) in [6.07, 6.45) is 3.37. The smallest absolute Gasteiger partial charge is 0.253 e. The molecule has 206 valence electrons. The van der Waals surface area contributed by atoms with Gasteiger partial charge in [0.2, 0.25) is 0 Å². The van der Waals surface area contributed by atoms with Gasteiger partial charge in [-0.15, -0.1) is 0 Å². The molecule has 0 aliphatic carbocycles. The highest BCUT2D eigenvalue weighted by Crippen LogP contribution is 2.27. The van der Waals surface area contributed by atoms with Gasteiger partial charge in [0.1, 0.15) is 11.6 Å². The molecule has 3 heterocycles. The summed E-state index contributed by atoms with van der Waals surface area (Å²) in [6.45, 7) is 4.98. The van der Waals surface area contributed by atoms with E-state index < -0.39 is 0 Å². The lowest BCUT2D eigenvalue weighted by Crippen LogP contribution is -2.54. The second-order valence-electron chi connectivity index (χ2n) is 10.1. The van der Waals surface area contributed by atoms with E-state index in [9.17, 15) is 14.0 Å². The maximum atomic E-state index is 13.1. The van der Waals surface area contributed by atoms with E-state index in [-0.39, 0.29) is 24.2 Å². The zero-order valence-corrected chi connectivity index (χ0v) is 22.8. The highest BCUT2D eigenvalue weighted by molar-refractivity contribution is 6.33. The molecular formula is C30H30ClFN6O2. The molecule has 0 unspecified atom stereocenters. The number of anilines is 1. The molecule has 1 N–H and O–H groups in total. The van der Waals surface area contributed by atoms with E-state index >= 15 is 0 Å². The van der Waals surface area contributed by atoms with Crippen LogP contribution in [-0.4, -0.2) is 71.9 Å². The zero-order valence-electron chi connectivity index (χ0n) is 22.0. The quantitative estimate of drug-likeness (QED) is 0.488. The summed E-state index contributed by atoms with van der Waals surface area (Å²) in [5, 5.41) is 12.2. The molecule has 2 aliphatic heterocycles. The Bertz CT molecular complexity index is 1390. The lowest BCUT2D eigenvalue weighted by atomic mass is 10.0. The molecule has 2 amide bonds. The average Bonchev–Trinajstić information content (AvgIpc) is 3.00. The third-order valence-electron chi connectivity index (χ3n) is 7.59. The van der Waals surface area contributed by atoms with Gasteiger partial charge in [0, 0.05) is 63.6 Å². The van der Waals surface area contributed by atoms with E-state index in [1.165, 1.54) is 18.3 Å². The van der Waals surface area contributed by atoms with Gasteiger partial charge in [-0.25, -0.2) is 9.37 Å². The minimum absolute atomic E-state index is 0.0149. The molecule has 0 spiro atoms. The first kappa shape index (κ1) is 27.6. The number of nitriles is 1. The average molecular weight is 561 g/mol. The number of likely N-dealkylation sites (tertiary alicyclic amines) is 1. The first-order valence-electron chi connectivity index (χ1n) is 13.4. The number of hydrogen-bond acceptors (Lipinski definition) is 6. The lowest BCUT2D eigenvalue weighted by Gasteiger charge is -2.43. The molecular weight excluding hydrogens is 531 g/mol. The Morgan fingerprint density at radius 1 is 0.975 bits per heavy atom. The molecule has 8 nitrogen and oxygen atoms in total. The zero-order chi connectivity index (χ0) is 28.1. The Balaban J connectivity index is 1.09. The van der Waals surface area contributed by atoms with Crippen molar-refractivity contribution in [2.75, 3.05) is 44.2 Å². The van der Waals surface area contributed by atoms with Crippen molar-refractivity contribution in [1.29, 1.82) is 5.26 Å². The number of pyridine rings is 1. The van der Waals surface area contributed by atoms with Crippen LogP contribution in [0.25, 0.3) is 0 Å². The third kappa shape index (κ3) is 6.41. The SMILES string of the molecule is N#Cc1ccc(C(=O)N2CCC(N3CCN(c4ncc(C(=O)NCc5ccc(F)cc5)cc4Cl)CC3)CC2)cc1. The number of hydrogen-bond donors (Lipinski definition) is 1. The van der Waals surface area contributed by atoms with Gasteiger partial charge in [-0.05, 0) is 60.9 Å². The number of aromatic nitrogens is 1. The van der Waals surface area contributed by atoms with Gasteiger partial charge in [0.05, 0.1) is 22.2 Å². The van der Waals surface area contributed by atoms with Gasteiger partial charge >= 0.3 is 0 Å². The van der Waals surface area contributed by atoms with E-state index in [1.54, 1.807) is 42.5 Å². The monoisotopic (exact) mass is 560 g/mol. The van der Waals surface area contributed by atoms with E-state index in [4.69, 9.17) is 16.9 Å². The number of carbonyl (C=O) groups is 2. The molecule has 1 aromatic heterocycles. The van der Waals surface area contributed by atoms with Crippen molar-refractivity contribution in [3.05, 3.63) is 93.9 Å². The standard InChI is InChI=1S/C30H30ClFN6O2/c31-27-17-24(29(39)35-19-22-3-7-25(32)8-4-22)20-34-28(27)37-15-13-36(14-16-37)26-9-11-38(12-10-26)30(40)23-5-1-21(18-33)2-6-23/h1-8,17,20,26H,9-16,19H2,(H,35,39). The van der Waals surface area contributed by atoms with Crippen molar-refractivity contribution in [3.8, 4) is 6.07 Å². The first-order valence-corrected chi connectivity index (χ1v) is 13.8. The summed E-state index contributed by atoms with van der Waals surface area (Å²) in [5.74, 6) is 0.0693. The Hall–Kier alpha value is -4.00. The van der Waals surface area contributed by atoms with Crippen LogP contribution >= 0.6 is 11.6 Å². The van der Waals surface area contributed by atoms with E-state index in [0.717, 1.165) is 44.6 Å². The molecule has 3 aromatic rings. The van der Waals surface area contributed by atoms with Crippen LogP contribution in [0.5, 0.6) is 0 Å². The number of rotatable bonds is 6. The second-order valence-corrected chi connectivity index (χ2v) is 10.5. The highest BCUT2D eigenvalue weighted by atomic mass is 35.5. The van der Waals surface area contributed by atoms with E-state index in [1.807, 2.05) is 4.90 Å². The molecule has 0 saturated carbocycles. The van der Waals surface area contributed by atoms with Crippen LogP contribution in [0.2, 0.25) is 5.02 Å². The van der Waals surface area contributed by atoms with Crippen molar-refractivity contribution in [3.63, 3.8) is 0 Å². The van der Waals surface area contributed by atoms with Gasteiger partial charge in [0.15, 0.2) is 0 Å². The maximum absolute atomic E-state index is 13.1. The lowest BCUT2D eigenvalue weighted by molar-refractivity contribution is 0.0610. The van der Waals surface area contributed by atoms with Crippen LogP contribution in [0.3, 0.4) is 0 Å². The van der Waals surface area contributed by atoms with Crippen LogP contribution in [-0.2, 0) is 6.54 Å². The van der Waals surface area contributed by atoms with Crippen molar-refractivity contribution < 1.29 is 14.0 Å². The van der Waals surface area contributed by atoms with Crippen LogP contribution < -0.4 is 10.2 Å². The predicted molar refractivity (Wildman–Crippen MR) is 151 cm³/mol. The molecule has 0 bridgehead atoms. The maximum Gasteiger partial charge on any atom is 0.253 e. The van der Waals surface area contributed by atoms with Crippen LogP contribution in [0.1, 0.15) is 44.7 Å². The Morgan fingerprint density at radius 2 is 1.65 bits per heavy atom. The molecule has 2 aromatic carbocycles. The number of nitrogens with one attached hydrogen (secondary N) is 1. The molecule has 0 atom stereocenters. The number of carbonyl (C=O) groups excluding carboxylic acids is 2. The Kier molecular flexibility index (Phi) is 8.58. The summed E-state index contributed by atoms with van der Waals surface area (Å²) < 4.78 is 13.1. The van der Waals surface area contributed by atoms with Crippen molar-refractivity contribution in [2.45, 2.75) is 25.4 Å². The fraction of sp³-hybridized carbons (Fsp3) is 0.333. The van der Waals surface area contributed by atoms with Crippen molar-refractivity contribution >= 4 is 29.2 Å². The van der Waals surface area contributed by atoms with E-state index in [0.29, 0.717) is 46.7 Å². The Morgan fingerprint density at radius 3 is 2.27 bits per heavy atom. The summed E-state index contributed by atoms with van der Waals surface area (Å²) in [6, 6.07) is 16.9.